The molecule has 1 aromatic carbocycles. The van der Waals surface area contributed by atoms with Gasteiger partial charge in [0.15, 0.2) is 0 Å². The third-order valence-electron chi connectivity index (χ3n) is 2.47. The van der Waals surface area contributed by atoms with E-state index in [1.54, 1.807) is 12.1 Å². The van der Waals surface area contributed by atoms with Crippen molar-refractivity contribution in [3.63, 3.8) is 0 Å². The van der Waals surface area contributed by atoms with Crippen LogP contribution in [0, 0.1) is 11.7 Å². The molecule has 0 aliphatic heterocycles. The molecule has 98 valence electrons. The average Bonchev–Trinajstić information content (AvgIpc) is 2.32. The first-order valence-electron chi connectivity index (χ1n) is 5.36. The molecule has 18 heavy (non-hydrogen) atoms. The zero-order valence-corrected chi connectivity index (χ0v) is 11.3. The molecule has 0 fully saturated rings. The van der Waals surface area contributed by atoms with Crippen molar-refractivity contribution in [2.24, 2.45) is 5.92 Å². The lowest BCUT2D eigenvalue weighted by Gasteiger charge is -2.09. The monoisotopic (exact) mass is 317 g/mol. The van der Waals surface area contributed by atoms with E-state index in [4.69, 9.17) is 5.11 Å². The van der Waals surface area contributed by atoms with Crippen LogP contribution < -0.4 is 5.32 Å². The molecule has 1 atom stereocenters. The third kappa shape index (κ3) is 4.10. The highest BCUT2D eigenvalue weighted by molar-refractivity contribution is 9.10. The second kappa shape index (κ2) is 6.49. The van der Waals surface area contributed by atoms with E-state index in [2.05, 4.69) is 21.2 Å². The highest BCUT2D eigenvalue weighted by Gasteiger charge is 2.19. The molecule has 0 bridgehead atoms. The summed E-state index contributed by atoms with van der Waals surface area (Å²) in [6, 6.07) is 4.55. The first kappa shape index (κ1) is 14.6. The van der Waals surface area contributed by atoms with Crippen LogP contribution in [0.2, 0.25) is 0 Å². The zero-order valence-electron chi connectivity index (χ0n) is 9.74. The summed E-state index contributed by atoms with van der Waals surface area (Å²) in [5, 5.41) is 11.1. The van der Waals surface area contributed by atoms with Crippen molar-refractivity contribution in [2.45, 2.75) is 13.3 Å². The summed E-state index contributed by atoms with van der Waals surface area (Å²) in [6.07, 6.45) is 0.309. The Hall–Kier alpha value is -1.43. The number of rotatable bonds is 5. The number of amides is 1. The molecule has 0 saturated heterocycles. The summed E-state index contributed by atoms with van der Waals surface area (Å²) in [5.41, 5.74) is 0.465. The van der Waals surface area contributed by atoms with Crippen LogP contribution in [0.25, 0.3) is 0 Å². The molecule has 6 heteroatoms. The number of carboxylic acid groups (broad SMARTS) is 1. The van der Waals surface area contributed by atoms with Crippen LogP contribution in [-0.2, 0) is 16.0 Å². The van der Waals surface area contributed by atoms with Gasteiger partial charge in [0, 0.05) is 11.0 Å². The molecule has 0 aliphatic rings. The first-order chi connectivity index (χ1) is 8.41. The Bertz CT molecular complexity index is 465. The lowest BCUT2D eigenvalue weighted by atomic mass is 10.1. The van der Waals surface area contributed by atoms with Gasteiger partial charge in [-0.25, -0.2) is 4.39 Å². The van der Waals surface area contributed by atoms with Gasteiger partial charge in [-0.3, -0.25) is 9.59 Å². The topological polar surface area (TPSA) is 66.4 Å². The van der Waals surface area contributed by atoms with Crippen LogP contribution in [0.15, 0.2) is 22.7 Å². The number of nitrogens with one attached hydrogen (secondary N) is 1. The van der Waals surface area contributed by atoms with Gasteiger partial charge in [0.1, 0.15) is 11.7 Å². The molecule has 0 saturated carbocycles. The number of carboxylic acids is 1. The molecule has 0 heterocycles. The van der Waals surface area contributed by atoms with Crippen LogP contribution in [-0.4, -0.2) is 23.5 Å². The van der Waals surface area contributed by atoms with Crippen LogP contribution in [0.5, 0.6) is 0 Å². The summed E-state index contributed by atoms with van der Waals surface area (Å²) in [7, 11) is 0. The number of hydrogen-bond donors (Lipinski definition) is 2. The fourth-order valence-electron chi connectivity index (χ4n) is 1.32. The van der Waals surface area contributed by atoms with E-state index in [1.807, 2.05) is 0 Å². The highest BCUT2D eigenvalue weighted by Crippen LogP contribution is 2.15. The van der Waals surface area contributed by atoms with E-state index in [0.717, 1.165) is 4.47 Å². The Balaban J connectivity index is 2.49. The smallest absolute Gasteiger partial charge is 0.315 e. The van der Waals surface area contributed by atoms with Crippen LogP contribution in [0.1, 0.15) is 12.5 Å². The maximum absolute atomic E-state index is 13.4. The van der Waals surface area contributed by atoms with Crippen molar-refractivity contribution >= 4 is 27.8 Å². The van der Waals surface area contributed by atoms with E-state index in [-0.39, 0.29) is 12.4 Å². The van der Waals surface area contributed by atoms with Gasteiger partial charge in [0.05, 0.1) is 0 Å². The van der Waals surface area contributed by atoms with Gasteiger partial charge in [0.2, 0.25) is 5.91 Å². The van der Waals surface area contributed by atoms with Crippen LogP contribution in [0.4, 0.5) is 4.39 Å². The Labute approximate surface area is 112 Å². The fourth-order valence-corrected chi connectivity index (χ4v) is 1.73. The van der Waals surface area contributed by atoms with E-state index in [1.165, 1.54) is 13.0 Å². The van der Waals surface area contributed by atoms with Gasteiger partial charge in [-0.1, -0.05) is 15.9 Å². The minimum absolute atomic E-state index is 0.198. The normalized spacial score (nSPS) is 11.9. The number of aliphatic carboxylic acids is 1. The maximum Gasteiger partial charge on any atom is 0.315 e. The number of halogens is 2. The molecule has 0 spiro atoms. The maximum atomic E-state index is 13.4. The van der Waals surface area contributed by atoms with Crippen molar-refractivity contribution in [3.8, 4) is 0 Å². The Kier molecular flexibility index (Phi) is 5.27. The molecule has 4 nitrogen and oxygen atoms in total. The molecule has 0 radical (unpaired) electrons. The van der Waals surface area contributed by atoms with E-state index < -0.39 is 17.8 Å². The molecule has 1 aromatic rings. The van der Waals surface area contributed by atoms with Crippen LogP contribution >= 0.6 is 15.9 Å². The molecule has 0 aliphatic carbocycles. The number of carbonyl (C=O) groups excluding carboxylic acids is 1. The molecule has 2 N–H and O–H groups in total. The minimum Gasteiger partial charge on any atom is -0.481 e. The van der Waals surface area contributed by atoms with Crippen molar-refractivity contribution in [1.29, 1.82) is 0 Å². The summed E-state index contributed by atoms with van der Waals surface area (Å²) in [5.74, 6) is -3.20. The zero-order chi connectivity index (χ0) is 13.7. The molecule has 1 unspecified atom stereocenters. The van der Waals surface area contributed by atoms with Gasteiger partial charge >= 0.3 is 5.97 Å². The summed E-state index contributed by atoms with van der Waals surface area (Å²) in [4.78, 5) is 21.9. The molecular formula is C12H13BrFNO3. The number of hydrogen-bond acceptors (Lipinski definition) is 2. The van der Waals surface area contributed by atoms with Crippen molar-refractivity contribution in [3.05, 3.63) is 34.1 Å². The van der Waals surface area contributed by atoms with Gasteiger partial charge < -0.3 is 10.4 Å². The minimum atomic E-state index is -1.18. The van der Waals surface area contributed by atoms with Crippen molar-refractivity contribution in [1.82, 2.24) is 5.32 Å². The first-order valence-corrected chi connectivity index (χ1v) is 6.15. The molecular weight excluding hydrogens is 305 g/mol. The Morgan fingerprint density at radius 1 is 1.50 bits per heavy atom. The highest BCUT2D eigenvalue weighted by atomic mass is 79.9. The predicted molar refractivity (Wildman–Crippen MR) is 67.6 cm³/mol. The Morgan fingerprint density at radius 3 is 2.78 bits per heavy atom. The van der Waals surface area contributed by atoms with Crippen molar-refractivity contribution in [2.75, 3.05) is 6.54 Å². The molecule has 1 amide bonds. The SMILES string of the molecule is CC(C(=O)O)C(=O)NCCc1cc(Br)ccc1F. The number of carbonyl (C=O) groups is 2. The van der Waals surface area contributed by atoms with E-state index in [0.29, 0.717) is 12.0 Å². The van der Waals surface area contributed by atoms with Gasteiger partial charge in [0.25, 0.3) is 0 Å². The quantitative estimate of drug-likeness (QED) is 0.816. The lowest BCUT2D eigenvalue weighted by Crippen LogP contribution is -2.34. The second-order valence-electron chi connectivity index (χ2n) is 3.84. The molecule has 1 rings (SSSR count). The third-order valence-corrected chi connectivity index (χ3v) is 2.96. The van der Waals surface area contributed by atoms with Gasteiger partial charge in [-0.2, -0.15) is 0 Å². The van der Waals surface area contributed by atoms with E-state index in [9.17, 15) is 14.0 Å². The average molecular weight is 318 g/mol. The Morgan fingerprint density at radius 2 is 2.17 bits per heavy atom. The summed E-state index contributed by atoms with van der Waals surface area (Å²) < 4.78 is 14.1. The second-order valence-corrected chi connectivity index (χ2v) is 4.75. The standard InChI is InChI=1S/C12H13BrFNO3/c1-7(12(17)18)11(16)15-5-4-8-6-9(13)2-3-10(8)14/h2-3,6-7H,4-5H2,1H3,(H,15,16)(H,17,18). The summed E-state index contributed by atoms with van der Waals surface area (Å²) in [6.45, 7) is 1.50. The largest absolute Gasteiger partial charge is 0.481 e. The van der Waals surface area contributed by atoms with E-state index >= 15 is 0 Å². The molecule has 0 aromatic heterocycles. The lowest BCUT2D eigenvalue weighted by molar-refractivity contribution is -0.146. The summed E-state index contributed by atoms with van der Waals surface area (Å²) >= 11 is 3.23. The van der Waals surface area contributed by atoms with Gasteiger partial charge in [-0.05, 0) is 37.1 Å². The van der Waals surface area contributed by atoms with Gasteiger partial charge in [-0.15, -0.1) is 0 Å². The predicted octanol–water partition coefficient (Wildman–Crippen LogP) is 1.97. The fraction of sp³-hybridized carbons (Fsp3) is 0.333. The number of benzene rings is 1. The van der Waals surface area contributed by atoms with Crippen LogP contribution in [0.3, 0.4) is 0 Å². The van der Waals surface area contributed by atoms with Crippen molar-refractivity contribution < 1.29 is 19.1 Å².